The van der Waals surface area contributed by atoms with E-state index in [0.717, 1.165) is 0 Å². The van der Waals surface area contributed by atoms with Crippen molar-refractivity contribution >= 4 is 34.5 Å². The summed E-state index contributed by atoms with van der Waals surface area (Å²) in [6.45, 7) is 3.84. The molecule has 1 saturated carbocycles. The van der Waals surface area contributed by atoms with Crippen molar-refractivity contribution < 1.29 is 39.9 Å². The van der Waals surface area contributed by atoms with Crippen molar-refractivity contribution in [3.63, 3.8) is 0 Å². The van der Waals surface area contributed by atoms with E-state index in [1.165, 1.54) is 12.1 Å². The number of ketones is 2. The molecule has 9 N–H and O–H groups in total. The van der Waals surface area contributed by atoms with Crippen LogP contribution in [-0.4, -0.2) is 54.7 Å². The fourth-order valence-corrected chi connectivity index (χ4v) is 4.71. The molecule has 30 heavy (non-hydrogen) atoms. The summed E-state index contributed by atoms with van der Waals surface area (Å²) in [4.78, 5) is 37.2. The number of primary amides is 1. The van der Waals surface area contributed by atoms with Crippen molar-refractivity contribution in [3.8, 4) is 5.75 Å². The van der Waals surface area contributed by atoms with E-state index in [1.54, 1.807) is 0 Å². The number of aromatic hydroxyl groups is 1. The Morgan fingerprint density at radius 3 is 2.40 bits per heavy atom. The van der Waals surface area contributed by atoms with Crippen molar-refractivity contribution in [3.05, 3.63) is 46.7 Å². The second kappa shape index (κ2) is 5.94. The largest absolute Gasteiger partial charge is 0.508 e. The van der Waals surface area contributed by atoms with Gasteiger partial charge in [0.25, 0.3) is 5.91 Å². The number of hydrogen-bond acceptors (Lipinski definition) is 9. The summed E-state index contributed by atoms with van der Waals surface area (Å²) in [5, 5.41) is 53.6. The topological polar surface area (TPSA) is 204 Å². The lowest BCUT2D eigenvalue weighted by molar-refractivity contribution is -0.157. The Bertz CT molecular complexity index is 1150. The number of rotatable bonds is 1. The van der Waals surface area contributed by atoms with Gasteiger partial charge in [-0.3, -0.25) is 14.4 Å². The van der Waals surface area contributed by atoms with Crippen LogP contribution in [0.3, 0.4) is 0 Å². The minimum atomic E-state index is -2.88. The Kier molecular flexibility index (Phi) is 3.90. The second-order valence-corrected chi connectivity index (χ2v) is 7.60. The van der Waals surface area contributed by atoms with Gasteiger partial charge in [0.1, 0.15) is 22.8 Å². The number of Topliss-reactive ketones (excluding diaryl/α,β-unsaturated/α-hetero) is 2. The molecular weight excluding hydrogens is 396 g/mol. The Morgan fingerprint density at radius 1 is 1.17 bits per heavy atom. The lowest BCUT2D eigenvalue weighted by Crippen LogP contribution is -2.63. The minimum Gasteiger partial charge on any atom is -0.508 e. The predicted octanol–water partition coefficient (Wildman–Crippen LogP) is -0.552. The Hall–Kier alpha value is -3.63. The molecule has 10 nitrogen and oxygen atoms in total. The highest BCUT2D eigenvalue weighted by Gasteiger charge is 2.64. The van der Waals surface area contributed by atoms with Crippen molar-refractivity contribution in [2.24, 2.45) is 17.6 Å². The van der Waals surface area contributed by atoms with Gasteiger partial charge in [0.2, 0.25) is 5.78 Å². The van der Waals surface area contributed by atoms with E-state index in [-0.39, 0.29) is 22.4 Å². The quantitative estimate of drug-likeness (QED) is 0.178. The molecular formula is C20H18N2O8. The number of carbonyl (C=O) groups excluding carboxylic acids is 3. The monoisotopic (exact) mass is 414 g/mol. The number of anilines is 1. The van der Waals surface area contributed by atoms with Crippen LogP contribution in [0, 0.1) is 11.8 Å². The van der Waals surface area contributed by atoms with Crippen LogP contribution in [0.15, 0.2) is 35.6 Å². The maximum Gasteiger partial charge on any atom is 0.255 e. The van der Waals surface area contributed by atoms with Crippen LogP contribution in [0.4, 0.5) is 5.69 Å². The van der Waals surface area contributed by atoms with E-state index in [0.29, 0.717) is 0 Å². The molecule has 0 radical (unpaired) electrons. The molecule has 3 aliphatic carbocycles. The molecule has 0 saturated heterocycles. The van der Waals surface area contributed by atoms with E-state index in [2.05, 4.69) is 6.58 Å². The molecule has 3 aliphatic rings. The number of phenolic OH excluding ortho intramolecular Hbond substituents is 1. The SMILES string of the molecule is C=C1c2c(N)ccc(O)c2C(O)=C2C(=O)C3(O)C(O)=C(C(N)=O)C(=O)CC3C(O)C12. The summed E-state index contributed by atoms with van der Waals surface area (Å²) >= 11 is 0. The Labute approximate surface area is 169 Å². The zero-order chi connectivity index (χ0) is 22.3. The van der Waals surface area contributed by atoms with Crippen molar-refractivity contribution in [1.82, 2.24) is 0 Å². The van der Waals surface area contributed by atoms with Gasteiger partial charge in [0, 0.05) is 29.5 Å². The fraction of sp³-hybridized carbons (Fsp3) is 0.250. The molecule has 156 valence electrons. The van der Waals surface area contributed by atoms with Gasteiger partial charge >= 0.3 is 0 Å². The van der Waals surface area contributed by atoms with Crippen molar-refractivity contribution in [2.45, 2.75) is 18.1 Å². The first kappa shape index (κ1) is 19.7. The van der Waals surface area contributed by atoms with Crippen LogP contribution < -0.4 is 11.5 Å². The Balaban J connectivity index is 2.05. The lowest BCUT2D eigenvalue weighted by atomic mass is 9.57. The van der Waals surface area contributed by atoms with Gasteiger partial charge in [0.15, 0.2) is 11.4 Å². The van der Waals surface area contributed by atoms with Gasteiger partial charge in [-0.15, -0.1) is 0 Å². The van der Waals surface area contributed by atoms with E-state index in [1.807, 2.05) is 0 Å². The summed E-state index contributed by atoms with van der Waals surface area (Å²) in [6, 6.07) is 2.53. The van der Waals surface area contributed by atoms with Crippen LogP contribution in [0.1, 0.15) is 17.5 Å². The standard InChI is InChI=1S/C20H18N2O8/c1-5-10-7(21)2-3-8(23)12(10)16(26)14-11(5)15(25)6-4-9(24)13(19(22)29)17(27)20(6,30)18(14)28/h2-3,6,11,15,23,25-27,30H,1,4,21H2,(H2,22,29). The first-order valence-corrected chi connectivity index (χ1v) is 8.90. The van der Waals surface area contributed by atoms with Gasteiger partial charge in [-0.25, -0.2) is 0 Å². The van der Waals surface area contributed by atoms with Gasteiger partial charge in [-0.2, -0.15) is 0 Å². The number of amides is 1. The van der Waals surface area contributed by atoms with E-state index >= 15 is 0 Å². The molecule has 1 aromatic carbocycles. The number of phenols is 1. The third kappa shape index (κ3) is 2.11. The van der Waals surface area contributed by atoms with Crippen molar-refractivity contribution in [2.75, 3.05) is 5.73 Å². The maximum absolute atomic E-state index is 13.3. The average molecular weight is 414 g/mol. The zero-order valence-electron chi connectivity index (χ0n) is 15.4. The molecule has 4 atom stereocenters. The summed E-state index contributed by atoms with van der Waals surface area (Å²) in [5.74, 6) is -8.86. The van der Waals surface area contributed by atoms with Crippen LogP contribution in [0.25, 0.3) is 11.3 Å². The van der Waals surface area contributed by atoms with E-state index < -0.39 is 75.8 Å². The van der Waals surface area contributed by atoms with E-state index in [9.17, 15) is 39.9 Å². The van der Waals surface area contributed by atoms with Crippen LogP contribution in [-0.2, 0) is 14.4 Å². The summed E-state index contributed by atoms with van der Waals surface area (Å²) in [7, 11) is 0. The third-order valence-electron chi connectivity index (χ3n) is 6.12. The zero-order valence-corrected chi connectivity index (χ0v) is 15.4. The highest BCUT2D eigenvalue weighted by atomic mass is 16.4. The van der Waals surface area contributed by atoms with Crippen LogP contribution >= 0.6 is 0 Å². The molecule has 0 bridgehead atoms. The molecule has 0 aromatic heterocycles. The number of aliphatic hydroxyl groups excluding tert-OH is 3. The number of nitrogens with two attached hydrogens (primary N) is 2. The number of fused-ring (bicyclic) bond motifs is 3. The number of hydrogen-bond donors (Lipinski definition) is 7. The highest BCUT2D eigenvalue weighted by molar-refractivity contribution is 6.23. The normalized spacial score (nSPS) is 30.7. The average Bonchev–Trinajstić information content (AvgIpc) is 2.66. The summed E-state index contributed by atoms with van der Waals surface area (Å²) in [5.41, 5.74) is 6.75. The molecule has 4 unspecified atom stereocenters. The van der Waals surface area contributed by atoms with Gasteiger partial charge in [0.05, 0.1) is 17.2 Å². The van der Waals surface area contributed by atoms with Gasteiger partial charge < -0.3 is 37.0 Å². The summed E-state index contributed by atoms with van der Waals surface area (Å²) < 4.78 is 0. The molecule has 1 amide bonds. The molecule has 10 heteroatoms. The molecule has 1 fully saturated rings. The molecule has 0 spiro atoms. The number of carbonyl (C=O) groups is 3. The number of nitrogen functional groups attached to an aromatic ring is 1. The maximum atomic E-state index is 13.3. The lowest BCUT2D eigenvalue weighted by Gasteiger charge is -2.49. The van der Waals surface area contributed by atoms with Crippen LogP contribution in [0.2, 0.25) is 0 Å². The minimum absolute atomic E-state index is 0.0747. The third-order valence-corrected chi connectivity index (χ3v) is 6.12. The molecule has 0 heterocycles. The molecule has 4 rings (SSSR count). The first-order chi connectivity index (χ1) is 13.9. The first-order valence-electron chi connectivity index (χ1n) is 8.90. The summed E-state index contributed by atoms with van der Waals surface area (Å²) in [6.07, 6.45) is -2.33. The van der Waals surface area contributed by atoms with Crippen molar-refractivity contribution in [1.29, 1.82) is 0 Å². The fourth-order valence-electron chi connectivity index (χ4n) is 4.71. The number of benzene rings is 1. The van der Waals surface area contributed by atoms with Gasteiger partial charge in [-0.1, -0.05) is 6.58 Å². The van der Waals surface area contributed by atoms with Crippen LogP contribution in [0.5, 0.6) is 5.75 Å². The molecule has 0 aliphatic heterocycles. The molecule has 1 aromatic rings. The van der Waals surface area contributed by atoms with E-state index in [4.69, 9.17) is 11.5 Å². The van der Waals surface area contributed by atoms with Gasteiger partial charge in [-0.05, 0) is 17.7 Å². The second-order valence-electron chi connectivity index (χ2n) is 7.60. The predicted molar refractivity (Wildman–Crippen MR) is 103 cm³/mol. The number of aliphatic hydroxyl groups is 4. The Morgan fingerprint density at radius 2 is 1.80 bits per heavy atom. The highest BCUT2D eigenvalue weighted by Crippen LogP contribution is 2.55. The smallest absolute Gasteiger partial charge is 0.255 e.